The van der Waals surface area contributed by atoms with Crippen molar-refractivity contribution in [1.29, 1.82) is 0 Å². The molecule has 1 spiro atoms. The summed E-state index contributed by atoms with van der Waals surface area (Å²) in [6, 6.07) is 28.8. The fourth-order valence-electron chi connectivity index (χ4n) is 7.21. The zero-order valence-corrected chi connectivity index (χ0v) is 24.2. The molecule has 3 heterocycles. The average Bonchev–Trinajstić information content (AvgIpc) is 3.43. The van der Waals surface area contributed by atoms with Crippen LogP contribution in [0.3, 0.4) is 0 Å². The van der Waals surface area contributed by atoms with E-state index in [2.05, 4.69) is 68.2 Å². The first kappa shape index (κ1) is 25.7. The number of nitrogens with zero attached hydrogens (tertiary/aromatic N) is 1. The lowest BCUT2D eigenvalue weighted by Gasteiger charge is -2.38. The van der Waals surface area contributed by atoms with Crippen LogP contribution < -0.4 is 15.0 Å². The predicted octanol–water partition coefficient (Wildman–Crippen LogP) is 8.71. The minimum Gasteiger partial charge on any atom is -0.456 e. The first-order valence-corrected chi connectivity index (χ1v) is 14.7. The molecule has 0 radical (unpaired) electrons. The number of hydrogen-bond donors (Lipinski definition) is 1. The van der Waals surface area contributed by atoms with E-state index in [1.165, 1.54) is 19.3 Å². The number of ether oxygens (including phenoxy) is 2. The first-order chi connectivity index (χ1) is 19.8. The molecule has 3 atom stereocenters. The number of para-hydroxylation sites is 1. The van der Waals surface area contributed by atoms with Crippen LogP contribution in [0.5, 0.6) is 11.5 Å². The molecule has 1 fully saturated rings. The Balaban J connectivity index is 1.38. The zero-order valence-electron chi connectivity index (χ0n) is 24.2. The van der Waals surface area contributed by atoms with Gasteiger partial charge in [0.15, 0.2) is 5.60 Å². The summed E-state index contributed by atoms with van der Waals surface area (Å²) < 4.78 is 13.1. The SMILES string of the molecule is CCCC1(C)CCN(c2ccc3c(c2)Oc2cc(C)c(Nc4ccccc4)cc2C32OC(=O)c3ccccc32)C1C. The highest BCUT2D eigenvalue weighted by Crippen LogP contribution is 2.58. The van der Waals surface area contributed by atoms with Crippen molar-refractivity contribution in [2.75, 3.05) is 16.8 Å². The van der Waals surface area contributed by atoms with Crippen LogP contribution in [0.4, 0.5) is 17.1 Å². The second-order valence-electron chi connectivity index (χ2n) is 12.1. The number of carbonyl (C=O) groups excluding carboxylic acids is 1. The summed E-state index contributed by atoms with van der Waals surface area (Å²) in [5.74, 6) is 1.13. The van der Waals surface area contributed by atoms with Crippen molar-refractivity contribution < 1.29 is 14.3 Å². The van der Waals surface area contributed by atoms with Crippen molar-refractivity contribution in [1.82, 2.24) is 0 Å². The zero-order chi connectivity index (χ0) is 28.4. The molecule has 41 heavy (non-hydrogen) atoms. The van der Waals surface area contributed by atoms with Gasteiger partial charge in [-0.1, -0.05) is 56.7 Å². The number of aryl methyl sites for hydroxylation is 1. The largest absolute Gasteiger partial charge is 0.456 e. The van der Waals surface area contributed by atoms with Crippen LogP contribution in [0.1, 0.15) is 72.6 Å². The highest BCUT2D eigenvalue weighted by atomic mass is 16.6. The van der Waals surface area contributed by atoms with Gasteiger partial charge in [-0.05, 0) is 80.1 Å². The number of rotatable bonds is 5. The van der Waals surface area contributed by atoms with Gasteiger partial charge in [-0.2, -0.15) is 0 Å². The van der Waals surface area contributed by atoms with Crippen LogP contribution in [0.2, 0.25) is 0 Å². The number of fused-ring (bicyclic) bond motifs is 6. The summed E-state index contributed by atoms with van der Waals surface area (Å²) in [5, 5.41) is 3.55. The molecule has 0 amide bonds. The number of hydrogen-bond acceptors (Lipinski definition) is 5. The summed E-state index contributed by atoms with van der Waals surface area (Å²) in [6.45, 7) is 10.1. The summed E-state index contributed by atoms with van der Waals surface area (Å²) in [7, 11) is 0. The summed E-state index contributed by atoms with van der Waals surface area (Å²) >= 11 is 0. The smallest absolute Gasteiger partial charge is 0.340 e. The van der Waals surface area contributed by atoms with Crippen LogP contribution in [0.25, 0.3) is 0 Å². The van der Waals surface area contributed by atoms with Crippen molar-refractivity contribution in [3.8, 4) is 11.5 Å². The number of esters is 1. The van der Waals surface area contributed by atoms with Crippen molar-refractivity contribution in [3.63, 3.8) is 0 Å². The van der Waals surface area contributed by atoms with E-state index < -0.39 is 5.60 Å². The quantitative estimate of drug-likeness (QED) is 0.255. The lowest BCUT2D eigenvalue weighted by molar-refractivity contribution is 0.0224. The second-order valence-corrected chi connectivity index (χ2v) is 12.1. The summed E-state index contributed by atoms with van der Waals surface area (Å²) in [4.78, 5) is 15.9. The van der Waals surface area contributed by atoms with Gasteiger partial charge in [0.1, 0.15) is 11.5 Å². The van der Waals surface area contributed by atoms with Gasteiger partial charge in [0.25, 0.3) is 0 Å². The maximum atomic E-state index is 13.4. The van der Waals surface area contributed by atoms with Crippen molar-refractivity contribution in [2.45, 2.75) is 58.6 Å². The molecule has 5 nitrogen and oxygen atoms in total. The maximum absolute atomic E-state index is 13.4. The third-order valence-electron chi connectivity index (χ3n) is 9.65. The maximum Gasteiger partial charge on any atom is 0.340 e. The van der Waals surface area contributed by atoms with Gasteiger partial charge in [-0.25, -0.2) is 4.79 Å². The Kier molecular flexibility index (Phi) is 5.90. The van der Waals surface area contributed by atoms with Crippen LogP contribution in [0.15, 0.2) is 84.9 Å². The van der Waals surface area contributed by atoms with Crippen molar-refractivity contribution >= 4 is 23.0 Å². The van der Waals surface area contributed by atoms with E-state index in [0.717, 1.165) is 51.6 Å². The van der Waals surface area contributed by atoms with Gasteiger partial charge in [0.2, 0.25) is 0 Å². The van der Waals surface area contributed by atoms with E-state index in [1.54, 1.807) is 0 Å². The molecule has 3 unspecified atom stereocenters. The van der Waals surface area contributed by atoms with E-state index in [0.29, 0.717) is 22.8 Å². The molecular weight excluding hydrogens is 508 g/mol. The standard InChI is InChI=1S/C36H36N2O3/c1-5-17-35(4)18-19-38(24(35)3)26-15-16-29-33(21-26)40-32-20-23(2)31(37-25-11-7-6-8-12-25)22-30(32)36(29)28-14-10-9-13-27(28)34(39)41-36/h6-16,20-22,24,37H,5,17-19H2,1-4H3. The molecular formula is C36H36N2O3. The number of anilines is 3. The third-order valence-corrected chi connectivity index (χ3v) is 9.65. The Labute approximate surface area is 242 Å². The molecule has 3 aliphatic rings. The highest BCUT2D eigenvalue weighted by molar-refractivity contribution is 5.97. The summed E-state index contributed by atoms with van der Waals surface area (Å²) in [5.41, 5.74) is 6.44. The van der Waals surface area contributed by atoms with E-state index in [1.807, 2.05) is 54.6 Å². The van der Waals surface area contributed by atoms with Crippen LogP contribution in [-0.4, -0.2) is 18.6 Å². The lowest BCUT2D eigenvalue weighted by atomic mass is 9.77. The van der Waals surface area contributed by atoms with Gasteiger partial charge in [-0.15, -0.1) is 0 Å². The van der Waals surface area contributed by atoms with Crippen molar-refractivity contribution in [2.24, 2.45) is 5.41 Å². The molecule has 208 valence electrons. The monoisotopic (exact) mass is 544 g/mol. The fourth-order valence-corrected chi connectivity index (χ4v) is 7.21. The topological polar surface area (TPSA) is 50.8 Å². The highest BCUT2D eigenvalue weighted by Gasteiger charge is 2.54. The lowest BCUT2D eigenvalue weighted by Crippen LogP contribution is -2.36. The molecule has 0 bridgehead atoms. The molecule has 5 heteroatoms. The number of nitrogens with one attached hydrogen (secondary N) is 1. The van der Waals surface area contributed by atoms with Gasteiger partial charge in [-0.3, -0.25) is 0 Å². The van der Waals surface area contributed by atoms with Gasteiger partial charge in [0.05, 0.1) is 5.56 Å². The molecule has 0 aromatic heterocycles. The molecule has 1 N–H and O–H groups in total. The fraction of sp³-hybridized carbons (Fsp3) is 0.306. The van der Waals surface area contributed by atoms with Gasteiger partial charge < -0.3 is 19.7 Å². The molecule has 4 aromatic rings. The van der Waals surface area contributed by atoms with Crippen molar-refractivity contribution in [3.05, 3.63) is 113 Å². The van der Waals surface area contributed by atoms with Crippen LogP contribution in [0, 0.1) is 12.3 Å². The molecule has 7 rings (SSSR count). The Morgan fingerprint density at radius 2 is 1.68 bits per heavy atom. The Morgan fingerprint density at radius 3 is 2.49 bits per heavy atom. The van der Waals surface area contributed by atoms with E-state index in [-0.39, 0.29) is 5.97 Å². The first-order valence-electron chi connectivity index (χ1n) is 14.7. The Bertz CT molecular complexity index is 1670. The molecule has 0 saturated carbocycles. The number of carbonyl (C=O) groups is 1. The molecule has 4 aromatic carbocycles. The predicted molar refractivity (Wildman–Crippen MR) is 164 cm³/mol. The second kappa shape index (κ2) is 9.41. The van der Waals surface area contributed by atoms with Crippen LogP contribution >= 0.6 is 0 Å². The Hall–Kier alpha value is -4.25. The van der Waals surface area contributed by atoms with Gasteiger partial charge in [0, 0.05) is 52.4 Å². The molecule has 0 aliphatic carbocycles. The third kappa shape index (κ3) is 3.86. The minimum absolute atomic E-state index is 0.290. The normalized spacial score (nSPS) is 24.0. The van der Waals surface area contributed by atoms with E-state index >= 15 is 0 Å². The summed E-state index contributed by atoms with van der Waals surface area (Å²) in [6.07, 6.45) is 3.58. The number of benzene rings is 4. The van der Waals surface area contributed by atoms with Crippen LogP contribution in [-0.2, 0) is 10.3 Å². The van der Waals surface area contributed by atoms with Gasteiger partial charge >= 0.3 is 5.97 Å². The Morgan fingerprint density at radius 1 is 0.927 bits per heavy atom. The van der Waals surface area contributed by atoms with E-state index in [9.17, 15) is 4.79 Å². The molecule has 1 saturated heterocycles. The minimum atomic E-state index is -1.09. The average molecular weight is 545 g/mol. The molecule has 3 aliphatic heterocycles. The van der Waals surface area contributed by atoms with E-state index in [4.69, 9.17) is 9.47 Å².